The number of halogens is 2. The summed E-state index contributed by atoms with van der Waals surface area (Å²) in [6.07, 6.45) is 2.81. The molecule has 0 saturated carbocycles. The van der Waals surface area contributed by atoms with E-state index in [1.165, 1.54) is 12.1 Å². The number of carbonyl (C=O) groups excluding carboxylic acids is 1. The Balaban J connectivity index is 1.60. The molecule has 1 aliphatic heterocycles. The minimum Gasteiger partial charge on any atom is -0.340 e. The monoisotopic (exact) mass is 357 g/mol. The Morgan fingerprint density at radius 1 is 1.35 bits per heavy atom. The molecule has 8 heteroatoms. The molecule has 0 unspecified atom stereocenters. The number of hydrogen-bond acceptors (Lipinski definition) is 3. The predicted molar refractivity (Wildman–Crippen MR) is 90.3 cm³/mol. The van der Waals surface area contributed by atoms with Crippen LogP contribution in [0.3, 0.4) is 0 Å². The Bertz CT molecular complexity index is 978. The third-order valence-electron chi connectivity index (χ3n) is 4.61. The first kappa shape index (κ1) is 16.4. The van der Waals surface area contributed by atoms with Crippen LogP contribution in [0.5, 0.6) is 0 Å². The van der Waals surface area contributed by atoms with Crippen LogP contribution < -0.4 is 0 Å². The van der Waals surface area contributed by atoms with Crippen molar-refractivity contribution in [2.45, 2.75) is 26.3 Å². The lowest BCUT2D eigenvalue weighted by Crippen LogP contribution is -2.36. The van der Waals surface area contributed by atoms with Crippen LogP contribution in [0.15, 0.2) is 24.4 Å². The normalized spacial score (nSPS) is 13.7. The summed E-state index contributed by atoms with van der Waals surface area (Å²) in [5, 5.41) is 6.79. The van der Waals surface area contributed by atoms with Gasteiger partial charge in [-0.05, 0) is 18.6 Å². The standard InChI is InChI=1S/C18H17F2N5O/c1-2-14-12(8-21-24-14)18(26)25-6-5-15-16(9-25)23-17(22-15)11-4-3-10(19)7-13(11)20/h3-4,7-8H,2,5-6,9H2,1H3,(H,21,24)(H,22,23). The Hall–Kier alpha value is -3.03. The molecule has 134 valence electrons. The second-order valence-electron chi connectivity index (χ2n) is 6.23. The van der Waals surface area contributed by atoms with Gasteiger partial charge in [-0.15, -0.1) is 0 Å². The van der Waals surface area contributed by atoms with Crippen LogP contribution in [-0.4, -0.2) is 37.5 Å². The van der Waals surface area contributed by atoms with E-state index in [0.29, 0.717) is 37.3 Å². The molecular formula is C18H17F2N5O. The van der Waals surface area contributed by atoms with E-state index < -0.39 is 11.6 Å². The average Bonchev–Trinajstić information content (AvgIpc) is 3.26. The highest BCUT2D eigenvalue weighted by atomic mass is 19.1. The van der Waals surface area contributed by atoms with Crippen molar-refractivity contribution in [3.05, 3.63) is 58.7 Å². The Morgan fingerprint density at radius 3 is 2.96 bits per heavy atom. The maximum absolute atomic E-state index is 14.0. The second-order valence-corrected chi connectivity index (χ2v) is 6.23. The molecule has 0 bridgehead atoms. The number of rotatable bonds is 3. The maximum atomic E-state index is 14.0. The van der Waals surface area contributed by atoms with Crippen molar-refractivity contribution in [3.8, 4) is 11.4 Å². The van der Waals surface area contributed by atoms with Crippen LogP contribution in [0.25, 0.3) is 11.4 Å². The number of aromatic amines is 2. The van der Waals surface area contributed by atoms with E-state index in [4.69, 9.17) is 0 Å². The number of imidazole rings is 1. The minimum atomic E-state index is -0.671. The molecule has 26 heavy (non-hydrogen) atoms. The summed E-state index contributed by atoms with van der Waals surface area (Å²) in [6, 6.07) is 3.38. The van der Waals surface area contributed by atoms with Crippen molar-refractivity contribution in [1.29, 1.82) is 0 Å². The molecule has 0 atom stereocenters. The molecule has 0 radical (unpaired) electrons. The summed E-state index contributed by atoms with van der Waals surface area (Å²) >= 11 is 0. The summed E-state index contributed by atoms with van der Waals surface area (Å²) in [6.45, 7) is 2.84. The molecule has 4 rings (SSSR count). The van der Waals surface area contributed by atoms with E-state index in [1.807, 2.05) is 6.92 Å². The van der Waals surface area contributed by atoms with Gasteiger partial charge in [-0.25, -0.2) is 13.8 Å². The predicted octanol–water partition coefficient (Wildman–Crippen LogP) is 2.84. The number of fused-ring (bicyclic) bond motifs is 1. The van der Waals surface area contributed by atoms with Crippen molar-refractivity contribution in [2.75, 3.05) is 6.54 Å². The second kappa shape index (κ2) is 6.36. The van der Waals surface area contributed by atoms with Crippen molar-refractivity contribution in [3.63, 3.8) is 0 Å². The van der Waals surface area contributed by atoms with Gasteiger partial charge < -0.3 is 9.88 Å². The zero-order valence-electron chi connectivity index (χ0n) is 14.1. The smallest absolute Gasteiger partial charge is 0.257 e. The average molecular weight is 357 g/mol. The van der Waals surface area contributed by atoms with Gasteiger partial charge in [0, 0.05) is 24.7 Å². The number of benzene rings is 1. The van der Waals surface area contributed by atoms with Gasteiger partial charge in [0.25, 0.3) is 5.91 Å². The lowest BCUT2D eigenvalue weighted by molar-refractivity contribution is 0.0731. The Kier molecular flexibility index (Phi) is 4.02. The lowest BCUT2D eigenvalue weighted by atomic mass is 10.1. The molecule has 2 N–H and O–H groups in total. The summed E-state index contributed by atoms with van der Waals surface area (Å²) in [5.41, 5.74) is 3.15. The zero-order valence-corrected chi connectivity index (χ0v) is 14.1. The van der Waals surface area contributed by atoms with E-state index in [2.05, 4.69) is 20.2 Å². The van der Waals surface area contributed by atoms with Gasteiger partial charge in [0.15, 0.2) is 0 Å². The van der Waals surface area contributed by atoms with Crippen LogP contribution >= 0.6 is 0 Å². The Labute approximate surface area is 148 Å². The van der Waals surface area contributed by atoms with Crippen LogP contribution in [0.4, 0.5) is 8.78 Å². The molecule has 2 aromatic heterocycles. The quantitative estimate of drug-likeness (QED) is 0.757. The van der Waals surface area contributed by atoms with E-state index in [0.717, 1.165) is 23.1 Å². The minimum absolute atomic E-state index is 0.0923. The maximum Gasteiger partial charge on any atom is 0.257 e. The number of amides is 1. The van der Waals surface area contributed by atoms with Gasteiger partial charge in [-0.2, -0.15) is 5.10 Å². The molecule has 3 heterocycles. The van der Waals surface area contributed by atoms with Crippen molar-refractivity contribution in [1.82, 2.24) is 25.1 Å². The highest BCUT2D eigenvalue weighted by Crippen LogP contribution is 2.26. The third-order valence-corrected chi connectivity index (χ3v) is 4.61. The lowest BCUT2D eigenvalue weighted by Gasteiger charge is -2.26. The topological polar surface area (TPSA) is 77.7 Å². The van der Waals surface area contributed by atoms with Gasteiger partial charge in [-0.3, -0.25) is 9.89 Å². The molecule has 0 spiro atoms. The van der Waals surface area contributed by atoms with Gasteiger partial charge in [0.2, 0.25) is 0 Å². The molecule has 1 aromatic carbocycles. The van der Waals surface area contributed by atoms with E-state index in [1.54, 1.807) is 11.1 Å². The SMILES string of the molecule is CCc1[nH]ncc1C(=O)N1CCc2nc(-c3ccc(F)cc3F)[nH]c2C1. The van der Waals surface area contributed by atoms with E-state index in [9.17, 15) is 13.6 Å². The van der Waals surface area contributed by atoms with E-state index >= 15 is 0 Å². The fourth-order valence-corrected chi connectivity index (χ4v) is 3.21. The number of nitrogens with one attached hydrogen (secondary N) is 2. The van der Waals surface area contributed by atoms with Crippen molar-refractivity contribution < 1.29 is 13.6 Å². The molecular weight excluding hydrogens is 340 g/mol. The first-order chi connectivity index (χ1) is 12.6. The number of aromatic nitrogens is 4. The fourth-order valence-electron chi connectivity index (χ4n) is 3.21. The van der Waals surface area contributed by atoms with Gasteiger partial charge in [-0.1, -0.05) is 6.92 Å². The van der Waals surface area contributed by atoms with Gasteiger partial charge in [0.1, 0.15) is 17.5 Å². The molecule has 1 aliphatic rings. The molecule has 0 fully saturated rings. The highest BCUT2D eigenvalue weighted by Gasteiger charge is 2.27. The molecule has 0 aliphatic carbocycles. The molecule has 1 amide bonds. The molecule has 0 saturated heterocycles. The van der Waals surface area contributed by atoms with Crippen LogP contribution in [-0.2, 0) is 19.4 Å². The Morgan fingerprint density at radius 2 is 2.19 bits per heavy atom. The van der Waals surface area contributed by atoms with Crippen molar-refractivity contribution >= 4 is 5.91 Å². The summed E-state index contributed by atoms with van der Waals surface area (Å²) < 4.78 is 27.1. The largest absolute Gasteiger partial charge is 0.340 e. The number of nitrogens with zero attached hydrogens (tertiary/aromatic N) is 3. The van der Waals surface area contributed by atoms with Crippen molar-refractivity contribution in [2.24, 2.45) is 0 Å². The molecule has 3 aromatic rings. The number of carbonyl (C=O) groups is 1. The highest BCUT2D eigenvalue weighted by molar-refractivity contribution is 5.95. The molecule has 6 nitrogen and oxygen atoms in total. The number of H-pyrrole nitrogens is 2. The zero-order chi connectivity index (χ0) is 18.3. The van der Waals surface area contributed by atoms with E-state index in [-0.39, 0.29) is 11.5 Å². The van der Waals surface area contributed by atoms with Crippen LogP contribution in [0.1, 0.15) is 34.4 Å². The van der Waals surface area contributed by atoms with Gasteiger partial charge >= 0.3 is 0 Å². The third kappa shape index (κ3) is 2.77. The van der Waals surface area contributed by atoms with Crippen LogP contribution in [0, 0.1) is 11.6 Å². The summed E-state index contributed by atoms with van der Waals surface area (Å²) in [4.78, 5) is 22.0. The first-order valence-corrected chi connectivity index (χ1v) is 8.41. The fraction of sp³-hybridized carbons (Fsp3) is 0.278. The summed E-state index contributed by atoms with van der Waals surface area (Å²) in [7, 11) is 0. The van der Waals surface area contributed by atoms with Gasteiger partial charge in [0.05, 0.1) is 35.3 Å². The first-order valence-electron chi connectivity index (χ1n) is 8.41. The van der Waals surface area contributed by atoms with Crippen LogP contribution in [0.2, 0.25) is 0 Å². The summed E-state index contributed by atoms with van der Waals surface area (Å²) in [5.74, 6) is -1.05. The number of aryl methyl sites for hydroxylation is 1. The number of hydrogen-bond donors (Lipinski definition) is 2.